The van der Waals surface area contributed by atoms with Gasteiger partial charge >= 0.3 is 0 Å². The van der Waals surface area contributed by atoms with Gasteiger partial charge in [0.05, 0.1) is 6.61 Å². The van der Waals surface area contributed by atoms with E-state index in [2.05, 4.69) is 26.3 Å². The summed E-state index contributed by atoms with van der Waals surface area (Å²) in [6.07, 6.45) is 5.07. The minimum absolute atomic E-state index is 0.703. The molecule has 100 valence electrons. The van der Waals surface area contributed by atoms with Gasteiger partial charge in [-0.05, 0) is 29.5 Å². The molecule has 0 radical (unpaired) electrons. The number of nitrogens with zero attached hydrogens (tertiary/aromatic N) is 3. The second-order valence-corrected chi connectivity index (χ2v) is 4.80. The molecule has 0 fully saturated rings. The van der Waals surface area contributed by atoms with Gasteiger partial charge in [-0.1, -0.05) is 6.07 Å². The molecular formula is C13H16N4OS. The highest BCUT2D eigenvalue weighted by atomic mass is 32.2. The zero-order valence-electron chi connectivity index (χ0n) is 10.7. The molecule has 0 saturated heterocycles. The van der Waals surface area contributed by atoms with Crippen molar-refractivity contribution in [3.05, 3.63) is 42.5 Å². The van der Waals surface area contributed by atoms with Crippen molar-refractivity contribution in [1.82, 2.24) is 20.3 Å². The first-order chi connectivity index (χ1) is 9.40. The molecule has 0 bridgehead atoms. The van der Waals surface area contributed by atoms with Crippen LogP contribution >= 0.6 is 11.8 Å². The molecule has 5 nitrogen and oxygen atoms in total. The predicted molar refractivity (Wildman–Crippen MR) is 74.0 cm³/mol. The van der Waals surface area contributed by atoms with Gasteiger partial charge < -0.3 is 10.1 Å². The van der Waals surface area contributed by atoms with Crippen LogP contribution in [-0.4, -0.2) is 35.2 Å². The molecule has 6 heteroatoms. The number of nitrogens with one attached hydrogen (secondary N) is 1. The van der Waals surface area contributed by atoms with Crippen molar-refractivity contribution in [2.45, 2.75) is 16.6 Å². The number of pyridine rings is 1. The Morgan fingerprint density at radius 3 is 3.00 bits per heavy atom. The van der Waals surface area contributed by atoms with Crippen LogP contribution in [0.4, 0.5) is 0 Å². The second kappa shape index (κ2) is 7.83. The minimum atomic E-state index is 0.703. The Labute approximate surface area is 116 Å². The molecule has 0 saturated carbocycles. The van der Waals surface area contributed by atoms with Crippen LogP contribution in [0.5, 0.6) is 0 Å². The van der Waals surface area contributed by atoms with Gasteiger partial charge in [0.1, 0.15) is 16.4 Å². The Morgan fingerprint density at radius 1 is 1.26 bits per heavy atom. The first-order valence-electron chi connectivity index (χ1n) is 5.97. The first kappa shape index (κ1) is 13.9. The summed E-state index contributed by atoms with van der Waals surface area (Å²) in [7, 11) is 1.70. The van der Waals surface area contributed by atoms with Gasteiger partial charge in [-0.15, -0.1) is 0 Å². The van der Waals surface area contributed by atoms with E-state index in [1.807, 2.05) is 12.1 Å². The molecule has 2 rings (SSSR count). The maximum atomic E-state index is 5.01. The van der Waals surface area contributed by atoms with Gasteiger partial charge in [0.2, 0.25) is 0 Å². The normalized spacial score (nSPS) is 10.6. The van der Waals surface area contributed by atoms with E-state index in [4.69, 9.17) is 4.74 Å². The van der Waals surface area contributed by atoms with Crippen LogP contribution in [0.15, 0.2) is 47.0 Å². The number of aromatic nitrogens is 3. The Kier molecular flexibility index (Phi) is 5.74. The number of methoxy groups -OCH3 is 1. The molecule has 0 aliphatic carbocycles. The molecule has 2 aromatic rings. The fraction of sp³-hybridized carbons (Fsp3) is 0.308. The van der Waals surface area contributed by atoms with E-state index in [0.29, 0.717) is 6.61 Å². The van der Waals surface area contributed by atoms with Gasteiger partial charge in [0.25, 0.3) is 0 Å². The van der Waals surface area contributed by atoms with Crippen LogP contribution in [0, 0.1) is 0 Å². The highest BCUT2D eigenvalue weighted by Gasteiger charge is 2.05. The van der Waals surface area contributed by atoms with Crippen LogP contribution in [0.3, 0.4) is 0 Å². The third-order valence-electron chi connectivity index (χ3n) is 2.40. The fourth-order valence-electron chi connectivity index (χ4n) is 1.49. The van der Waals surface area contributed by atoms with Crippen molar-refractivity contribution in [1.29, 1.82) is 0 Å². The lowest BCUT2D eigenvalue weighted by Crippen LogP contribution is -2.19. The molecule has 2 heterocycles. The minimum Gasteiger partial charge on any atom is -0.383 e. The van der Waals surface area contributed by atoms with E-state index < -0.39 is 0 Å². The predicted octanol–water partition coefficient (Wildman–Crippen LogP) is 1.76. The lowest BCUT2D eigenvalue weighted by Gasteiger charge is -2.08. The molecule has 19 heavy (non-hydrogen) atoms. The van der Waals surface area contributed by atoms with Gasteiger partial charge in [-0.3, -0.25) is 0 Å². The van der Waals surface area contributed by atoms with Crippen LogP contribution in [-0.2, 0) is 11.3 Å². The van der Waals surface area contributed by atoms with Crippen LogP contribution < -0.4 is 5.32 Å². The van der Waals surface area contributed by atoms with E-state index in [0.717, 1.165) is 28.7 Å². The Hall–Kier alpha value is -1.50. The number of hydrogen-bond acceptors (Lipinski definition) is 6. The van der Waals surface area contributed by atoms with Crippen LogP contribution in [0.2, 0.25) is 0 Å². The second-order valence-electron chi connectivity index (χ2n) is 3.79. The van der Waals surface area contributed by atoms with E-state index >= 15 is 0 Å². The van der Waals surface area contributed by atoms with E-state index in [-0.39, 0.29) is 0 Å². The van der Waals surface area contributed by atoms with Crippen LogP contribution in [0.25, 0.3) is 0 Å². The van der Waals surface area contributed by atoms with Gasteiger partial charge in [0, 0.05) is 32.6 Å². The summed E-state index contributed by atoms with van der Waals surface area (Å²) >= 11 is 1.54. The molecule has 2 aromatic heterocycles. The average molecular weight is 276 g/mol. The standard InChI is InChI=1S/C13H16N4OS/c1-18-8-7-14-9-11-3-2-5-16-13(11)19-12-4-6-15-10-17-12/h2-6,10,14H,7-9H2,1H3. The number of hydrogen-bond donors (Lipinski definition) is 1. The summed E-state index contributed by atoms with van der Waals surface area (Å²) in [5, 5.41) is 5.18. The topological polar surface area (TPSA) is 59.9 Å². The molecule has 0 aliphatic rings. The quantitative estimate of drug-likeness (QED) is 0.614. The molecule has 0 atom stereocenters. The van der Waals surface area contributed by atoms with Crippen molar-refractivity contribution >= 4 is 11.8 Å². The largest absolute Gasteiger partial charge is 0.383 e. The van der Waals surface area contributed by atoms with E-state index in [1.165, 1.54) is 0 Å². The molecular weight excluding hydrogens is 260 g/mol. The van der Waals surface area contributed by atoms with Crippen molar-refractivity contribution in [2.24, 2.45) is 0 Å². The molecule has 0 aromatic carbocycles. The smallest absolute Gasteiger partial charge is 0.116 e. The summed E-state index contributed by atoms with van der Waals surface area (Å²) < 4.78 is 5.01. The summed E-state index contributed by atoms with van der Waals surface area (Å²) in [6.45, 7) is 2.29. The monoisotopic (exact) mass is 276 g/mol. The molecule has 0 unspecified atom stereocenters. The van der Waals surface area contributed by atoms with Crippen molar-refractivity contribution < 1.29 is 4.74 Å². The fourth-order valence-corrected chi connectivity index (χ4v) is 2.30. The zero-order chi connectivity index (χ0) is 13.3. The van der Waals surface area contributed by atoms with E-state index in [1.54, 1.807) is 37.6 Å². The molecule has 0 amide bonds. The van der Waals surface area contributed by atoms with Gasteiger partial charge in [-0.25, -0.2) is 15.0 Å². The lowest BCUT2D eigenvalue weighted by molar-refractivity contribution is 0.199. The van der Waals surface area contributed by atoms with Crippen molar-refractivity contribution in [2.75, 3.05) is 20.3 Å². The maximum Gasteiger partial charge on any atom is 0.116 e. The van der Waals surface area contributed by atoms with Crippen molar-refractivity contribution in [3.8, 4) is 0 Å². The molecule has 0 aliphatic heterocycles. The zero-order valence-corrected chi connectivity index (χ0v) is 11.6. The Balaban J connectivity index is 2.00. The Bertz CT molecular complexity index is 495. The number of ether oxygens (including phenoxy) is 1. The molecule has 0 spiro atoms. The SMILES string of the molecule is COCCNCc1cccnc1Sc1ccncn1. The summed E-state index contributed by atoms with van der Waals surface area (Å²) in [5.74, 6) is 0. The summed E-state index contributed by atoms with van der Waals surface area (Å²) in [5.41, 5.74) is 1.15. The highest BCUT2D eigenvalue weighted by molar-refractivity contribution is 7.99. The van der Waals surface area contributed by atoms with Crippen molar-refractivity contribution in [3.63, 3.8) is 0 Å². The first-order valence-corrected chi connectivity index (χ1v) is 6.79. The summed E-state index contributed by atoms with van der Waals surface area (Å²) in [6, 6.07) is 5.88. The Morgan fingerprint density at radius 2 is 2.21 bits per heavy atom. The van der Waals surface area contributed by atoms with E-state index in [9.17, 15) is 0 Å². The highest BCUT2D eigenvalue weighted by Crippen LogP contribution is 2.26. The third-order valence-corrected chi connectivity index (χ3v) is 3.42. The number of rotatable bonds is 7. The van der Waals surface area contributed by atoms with Gasteiger partial charge in [-0.2, -0.15) is 0 Å². The van der Waals surface area contributed by atoms with Gasteiger partial charge in [0.15, 0.2) is 0 Å². The summed E-state index contributed by atoms with van der Waals surface area (Å²) in [4.78, 5) is 12.5. The average Bonchev–Trinajstić information content (AvgIpc) is 2.46. The lowest BCUT2D eigenvalue weighted by atomic mass is 10.3. The molecule has 1 N–H and O–H groups in total. The maximum absolute atomic E-state index is 5.01. The van der Waals surface area contributed by atoms with Crippen LogP contribution in [0.1, 0.15) is 5.56 Å². The third kappa shape index (κ3) is 4.59.